The van der Waals surface area contributed by atoms with Crippen LogP contribution in [0.5, 0.6) is 11.5 Å². The summed E-state index contributed by atoms with van der Waals surface area (Å²) in [6.45, 7) is 13.2. The van der Waals surface area contributed by atoms with E-state index in [2.05, 4.69) is 30.1 Å². The highest BCUT2D eigenvalue weighted by atomic mass is 32.2. The summed E-state index contributed by atoms with van der Waals surface area (Å²) in [6, 6.07) is 6.05. The van der Waals surface area contributed by atoms with Gasteiger partial charge in [0, 0.05) is 25.0 Å². The molecule has 1 aromatic carbocycles. The molecule has 0 spiro atoms. The van der Waals surface area contributed by atoms with E-state index < -0.39 is 14.6 Å². The van der Waals surface area contributed by atoms with Crippen LogP contribution in [-0.2, 0) is 15.3 Å². The quantitative estimate of drug-likeness (QED) is 0.591. The number of sulfone groups is 1. The molecule has 1 saturated heterocycles. The summed E-state index contributed by atoms with van der Waals surface area (Å²) in [4.78, 5) is 6.94. The van der Waals surface area contributed by atoms with Gasteiger partial charge >= 0.3 is 0 Å². The smallest absolute Gasteiger partial charge is 0.194 e. The highest BCUT2D eigenvalue weighted by Crippen LogP contribution is 2.35. The van der Waals surface area contributed by atoms with Gasteiger partial charge < -0.3 is 19.7 Å². The van der Waals surface area contributed by atoms with Crippen molar-refractivity contribution in [1.82, 2.24) is 10.2 Å². The lowest BCUT2D eigenvalue weighted by Crippen LogP contribution is -2.57. The molecule has 1 aromatic rings. The van der Waals surface area contributed by atoms with E-state index in [0.29, 0.717) is 32.8 Å². The summed E-state index contributed by atoms with van der Waals surface area (Å²) in [7, 11) is -3.09. The maximum atomic E-state index is 12.3. The third-order valence-corrected chi connectivity index (χ3v) is 8.16. The minimum atomic E-state index is -3.09. The zero-order valence-corrected chi connectivity index (χ0v) is 18.9. The second kappa shape index (κ2) is 8.05. The van der Waals surface area contributed by atoms with Gasteiger partial charge in [-0.2, -0.15) is 0 Å². The summed E-state index contributed by atoms with van der Waals surface area (Å²) < 4.78 is 35.2. The maximum Gasteiger partial charge on any atom is 0.194 e. The third kappa shape index (κ3) is 4.63. The zero-order chi connectivity index (χ0) is 21.3. The summed E-state index contributed by atoms with van der Waals surface area (Å²) in [6.07, 6.45) is 0. The van der Waals surface area contributed by atoms with Gasteiger partial charge in [-0.3, -0.25) is 4.99 Å². The van der Waals surface area contributed by atoms with E-state index in [1.807, 2.05) is 19.1 Å². The van der Waals surface area contributed by atoms with Gasteiger partial charge in [-0.05, 0) is 38.5 Å². The minimum Gasteiger partial charge on any atom is -0.486 e. The summed E-state index contributed by atoms with van der Waals surface area (Å²) in [5.74, 6) is 2.47. The summed E-state index contributed by atoms with van der Waals surface area (Å²) in [5, 5.41) is 3.33. The van der Waals surface area contributed by atoms with E-state index in [-0.39, 0.29) is 11.2 Å². The summed E-state index contributed by atoms with van der Waals surface area (Å²) >= 11 is 0. The molecule has 0 aromatic heterocycles. The third-order valence-electron chi connectivity index (χ3n) is 5.63. The van der Waals surface area contributed by atoms with E-state index >= 15 is 0 Å². The monoisotopic (exact) mass is 423 g/mol. The molecule has 8 heteroatoms. The Kier molecular flexibility index (Phi) is 6.03. The van der Waals surface area contributed by atoms with E-state index in [1.54, 1.807) is 13.8 Å². The first-order valence-corrected chi connectivity index (χ1v) is 11.9. The highest BCUT2D eigenvalue weighted by Gasteiger charge is 2.41. The van der Waals surface area contributed by atoms with E-state index in [0.717, 1.165) is 29.6 Å². The second-order valence-corrected chi connectivity index (χ2v) is 11.7. The van der Waals surface area contributed by atoms with Crippen LogP contribution in [0.2, 0.25) is 0 Å². The predicted molar refractivity (Wildman–Crippen MR) is 116 cm³/mol. The van der Waals surface area contributed by atoms with Gasteiger partial charge in [0.15, 0.2) is 27.3 Å². The fourth-order valence-corrected chi connectivity index (χ4v) is 4.94. The number of aliphatic imine (C=N–C) groups is 1. The van der Waals surface area contributed by atoms with Crippen LogP contribution in [0.25, 0.3) is 0 Å². The van der Waals surface area contributed by atoms with Crippen LogP contribution in [0.15, 0.2) is 23.2 Å². The van der Waals surface area contributed by atoms with Crippen LogP contribution in [0.3, 0.4) is 0 Å². The van der Waals surface area contributed by atoms with Crippen molar-refractivity contribution in [3.05, 3.63) is 23.8 Å². The largest absolute Gasteiger partial charge is 0.486 e. The van der Waals surface area contributed by atoms with Crippen molar-refractivity contribution < 1.29 is 17.9 Å². The van der Waals surface area contributed by atoms with Crippen LogP contribution < -0.4 is 14.8 Å². The van der Waals surface area contributed by atoms with E-state index in [4.69, 9.17) is 14.5 Å². The van der Waals surface area contributed by atoms with Crippen LogP contribution in [0.1, 0.15) is 40.2 Å². The SMILES string of the molecule is CCNC(=NCC(C)(C)c1ccc2c(c1)OCCO2)N1CCS(=O)(=O)C(C)(C)C1. The normalized spacial score (nSPS) is 21.0. The molecule has 1 N–H and O–H groups in total. The Bertz CT molecular complexity index is 878. The topological polar surface area (TPSA) is 80.2 Å². The molecule has 1 fully saturated rings. The number of nitrogens with zero attached hydrogens (tertiary/aromatic N) is 2. The molecule has 0 unspecified atom stereocenters. The molecule has 0 aliphatic carbocycles. The van der Waals surface area contributed by atoms with Crippen molar-refractivity contribution in [3.8, 4) is 11.5 Å². The van der Waals surface area contributed by atoms with Gasteiger partial charge in [0.05, 0.1) is 17.0 Å². The number of hydrogen-bond donors (Lipinski definition) is 1. The van der Waals surface area contributed by atoms with Gasteiger partial charge in [-0.15, -0.1) is 0 Å². The van der Waals surface area contributed by atoms with Crippen molar-refractivity contribution in [2.45, 2.75) is 44.8 Å². The lowest BCUT2D eigenvalue weighted by molar-refractivity contribution is 0.171. The number of hydrogen-bond acceptors (Lipinski definition) is 5. The molecule has 0 bridgehead atoms. The predicted octanol–water partition coefficient (Wildman–Crippen LogP) is 2.21. The van der Waals surface area contributed by atoms with Gasteiger partial charge in [0.1, 0.15) is 13.2 Å². The molecule has 0 amide bonds. The molecule has 7 nitrogen and oxygen atoms in total. The number of guanidine groups is 1. The average molecular weight is 424 g/mol. The van der Waals surface area contributed by atoms with Crippen molar-refractivity contribution in [1.29, 1.82) is 0 Å². The van der Waals surface area contributed by atoms with Gasteiger partial charge in [0.2, 0.25) is 0 Å². The number of nitrogens with one attached hydrogen (secondary N) is 1. The Hall–Kier alpha value is -1.96. The molecule has 2 aliphatic heterocycles. The van der Waals surface area contributed by atoms with E-state index in [9.17, 15) is 8.42 Å². The van der Waals surface area contributed by atoms with Crippen molar-refractivity contribution in [3.63, 3.8) is 0 Å². The Balaban J connectivity index is 1.79. The van der Waals surface area contributed by atoms with Crippen molar-refractivity contribution in [2.75, 3.05) is 45.1 Å². The Morgan fingerprint density at radius 1 is 1.24 bits per heavy atom. The molecule has 2 heterocycles. The number of fused-ring (bicyclic) bond motifs is 1. The minimum absolute atomic E-state index is 0.149. The molecule has 162 valence electrons. The number of benzene rings is 1. The summed E-state index contributed by atoms with van der Waals surface area (Å²) in [5.41, 5.74) is 0.913. The maximum absolute atomic E-state index is 12.3. The van der Waals surface area contributed by atoms with Crippen LogP contribution in [0, 0.1) is 0 Å². The first-order valence-electron chi connectivity index (χ1n) is 10.2. The van der Waals surface area contributed by atoms with Crippen LogP contribution >= 0.6 is 0 Å². The first kappa shape index (κ1) is 21.7. The Labute approximate surface area is 174 Å². The van der Waals surface area contributed by atoms with Gasteiger partial charge in [0.25, 0.3) is 0 Å². The highest BCUT2D eigenvalue weighted by molar-refractivity contribution is 7.92. The molecule has 2 aliphatic rings. The van der Waals surface area contributed by atoms with Gasteiger partial charge in [-0.1, -0.05) is 19.9 Å². The molecule has 3 rings (SSSR count). The second-order valence-electron chi connectivity index (χ2n) is 8.91. The molecular weight excluding hydrogens is 390 g/mol. The lowest BCUT2D eigenvalue weighted by Gasteiger charge is -2.39. The van der Waals surface area contributed by atoms with Crippen molar-refractivity contribution >= 4 is 15.8 Å². The van der Waals surface area contributed by atoms with Gasteiger partial charge in [-0.25, -0.2) is 8.42 Å². The molecule has 0 saturated carbocycles. The first-order chi connectivity index (χ1) is 13.6. The standard InChI is InChI=1S/C21H33N3O4S/c1-6-22-19(24-9-12-29(25,26)21(4,5)15-24)23-14-20(2,3)16-7-8-17-18(13-16)28-11-10-27-17/h7-8,13H,6,9-12,14-15H2,1-5H3,(H,22,23). The van der Waals surface area contributed by atoms with Crippen LogP contribution in [0.4, 0.5) is 0 Å². The van der Waals surface area contributed by atoms with E-state index in [1.165, 1.54) is 0 Å². The molecule has 0 atom stereocenters. The average Bonchev–Trinajstić information content (AvgIpc) is 2.67. The molecular formula is C21H33N3O4S. The fraction of sp³-hybridized carbons (Fsp3) is 0.667. The van der Waals surface area contributed by atoms with Crippen LogP contribution in [-0.4, -0.2) is 69.2 Å². The van der Waals surface area contributed by atoms with Crippen molar-refractivity contribution in [2.24, 2.45) is 4.99 Å². The Morgan fingerprint density at radius 2 is 1.93 bits per heavy atom. The molecule has 29 heavy (non-hydrogen) atoms. The molecule has 0 radical (unpaired) electrons. The fourth-order valence-electron chi connectivity index (χ4n) is 3.58. The Morgan fingerprint density at radius 3 is 2.59 bits per heavy atom. The number of ether oxygens (including phenoxy) is 2. The lowest BCUT2D eigenvalue weighted by atomic mass is 9.84. The number of rotatable bonds is 4. The zero-order valence-electron chi connectivity index (χ0n) is 18.1.